The molecule has 1 N–H and O–H groups in total. The van der Waals surface area contributed by atoms with Crippen LogP contribution in [0.3, 0.4) is 0 Å². The summed E-state index contributed by atoms with van der Waals surface area (Å²) in [6, 6.07) is 5.66. The van der Waals surface area contributed by atoms with E-state index >= 15 is 0 Å². The van der Waals surface area contributed by atoms with Gasteiger partial charge in [-0.05, 0) is 43.0 Å². The molecule has 4 nitrogen and oxygen atoms in total. The molecule has 100 valence electrons. The van der Waals surface area contributed by atoms with Gasteiger partial charge in [-0.25, -0.2) is 4.39 Å². The Morgan fingerprint density at radius 2 is 2.37 bits per heavy atom. The summed E-state index contributed by atoms with van der Waals surface area (Å²) in [4.78, 5) is 0. The average molecular weight is 260 g/mol. The minimum Gasteiger partial charge on any atom is -0.310 e. The number of benzene rings is 1. The quantitative estimate of drug-likeness (QED) is 0.837. The second-order valence-corrected chi connectivity index (χ2v) is 4.87. The highest BCUT2D eigenvalue weighted by atomic mass is 19.1. The molecule has 0 spiro atoms. The molecule has 2 aromatic rings. The molecule has 0 amide bonds. The van der Waals surface area contributed by atoms with Crippen LogP contribution in [0.2, 0.25) is 0 Å². The highest BCUT2D eigenvalue weighted by Gasteiger charge is 2.23. The number of hydrogen-bond acceptors (Lipinski definition) is 3. The molecule has 0 bridgehead atoms. The summed E-state index contributed by atoms with van der Waals surface area (Å²) in [5, 5.41) is 11.2. The maximum absolute atomic E-state index is 13.6. The van der Waals surface area contributed by atoms with Crippen molar-refractivity contribution >= 4 is 0 Å². The Bertz CT molecular complexity index is 538. The summed E-state index contributed by atoms with van der Waals surface area (Å²) in [6.07, 6.45) is 6.36. The molecular formula is C14H17FN4. The largest absolute Gasteiger partial charge is 0.310 e. The van der Waals surface area contributed by atoms with Crippen molar-refractivity contribution in [2.24, 2.45) is 0 Å². The maximum atomic E-state index is 13.6. The summed E-state index contributed by atoms with van der Waals surface area (Å²) in [5.41, 5.74) is 2.01. The van der Waals surface area contributed by atoms with Crippen molar-refractivity contribution in [3.05, 3.63) is 47.5 Å². The summed E-state index contributed by atoms with van der Waals surface area (Å²) >= 11 is 0. The van der Waals surface area contributed by atoms with E-state index in [2.05, 4.69) is 15.6 Å². The molecule has 1 aliphatic carbocycles. The number of nitrogens with zero attached hydrogens (tertiary/aromatic N) is 3. The molecule has 1 aromatic carbocycles. The molecule has 19 heavy (non-hydrogen) atoms. The summed E-state index contributed by atoms with van der Waals surface area (Å²) < 4.78 is 15.4. The molecule has 0 saturated heterocycles. The van der Waals surface area contributed by atoms with Crippen LogP contribution in [-0.4, -0.2) is 21.5 Å². The van der Waals surface area contributed by atoms with E-state index in [9.17, 15) is 4.39 Å². The van der Waals surface area contributed by atoms with Gasteiger partial charge in [-0.2, -0.15) is 0 Å². The Kier molecular flexibility index (Phi) is 3.55. The number of fused-ring (bicyclic) bond motifs is 1. The van der Waals surface area contributed by atoms with Crippen molar-refractivity contribution in [1.29, 1.82) is 0 Å². The molecule has 3 rings (SSSR count). The fourth-order valence-electron chi connectivity index (χ4n) is 2.69. The van der Waals surface area contributed by atoms with E-state index in [0.29, 0.717) is 6.04 Å². The van der Waals surface area contributed by atoms with E-state index < -0.39 is 0 Å². The Morgan fingerprint density at radius 1 is 1.42 bits per heavy atom. The molecule has 1 atom stereocenters. The van der Waals surface area contributed by atoms with Crippen LogP contribution in [0.4, 0.5) is 4.39 Å². The summed E-state index contributed by atoms with van der Waals surface area (Å²) in [6.45, 7) is 1.76. The van der Waals surface area contributed by atoms with Crippen molar-refractivity contribution in [2.75, 3.05) is 6.54 Å². The first kappa shape index (κ1) is 12.3. The van der Waals surface area contributed by atoms with E-state index in [1.54, 1.807) is 18.3 Å². The molecule has 0 saturated carbocycles. The van der Waals surface area contributed by atoms with Crippen LogP contribution in [0.5, 0.6) is 0 Å². The van der Waals surface area contributed by atoms with Gasteiger partial charge in [-0.3, -0.25) is 4.68 Å². The first-order chi connectivity index (χ1) is 9.34. The fourth-order valence-corrected chi connectivity index (χ4v) is 2.69. The molecule has 5 heteroatoms. The van der Waals surface area contributed by atoms with Gasteiger partial charge < -0.3 is 5.32 Å². The lowest BCUT2D eigenvalue weighted by molar-refractivity contribution is 0.481. The Morgan fingerprint density at radius 3 is 3.21 bits per heavy atom. The standard InChI is InChI=1S/C14H17FN4/c15-13-4-1-3-12-11(13)5-6-14(12)16-7-2-9-19-10-8-17-18-19/h1,3-4,8,10,14,16H,2,5-7,9H2. The summed E-state index contributed by atoms with van der Waals surface area (Å²) in [5.74, 6) is -0.0654. The number of hydrogen-bond donors (Lipinski definition) is 1. The first-order valence-electron chi connectivity index (χ1n) is 6.69. The second kappa shape index (κ2) is 5.48. The average Bonchev–Trinajstić information content (AvgIpc) is 3.05. The van der Waals surface area contributed by atoms with Crippen molar-refractivity contribution in [2.45, 2.75) is 31.8 Å². The molecular weight excluding hydrogens is 243 g/mol. The number of nitrogens with one attached hydrogen (secondary N) is 1. The minimum atomic E-state index is -0.0654. The predicted octanol–water partition coefficient (Wildman–Crippen LogP) is 2.08. The lowest BCUT2D eigenvalue weighted by Gasteiger charge is -2.13. The molecule has 1 aromatic heterocycles. The SMILES string of the molecule is Fc1cccc2c1CCC2NCCCn1ccnn1. The minimum absolute atomic E-state index is 0.0654. The van der Waals surface area contributed by atoms with E-state index in [1.807, 2.05) is 16.9 Å². The zero-order chi connectivity index (χ0) is 13.1. The molecule has 1 aliphatic rings. The molecule has 0 aliphatic heterocycles. The fraction of sp³-hybridized carbons (Fsp3) is 0.429. The normalized spacial score (nSPS) is 17.6. The van der Waals surface area contributed by atoms with E-state index in [1.165, 1.54) is 0 Å². The van der Waals surface area contributed by atoms with Crippen molar-refractivity contribution in [3.63, 3.8) is 0 Å². The van der Waals surface area contributed by atoms with Crippen molar-refractivity contribution < 1.29 is 4.39 Å². The first-order valence-corrected chi connectivity index (χ1v) is 6.69. The van der Waals surface area contributed by atoms with E-state index in [0.717, 1.165) is 43.5 Å². The van der Waals surface area contributed by atoms with Crippen molar-refractivity contribution in [3.8, 4) is 0 Å². The van der Waals surface area contributed by atoms with Gasteiger partial charge in [0, 0.05) is 18.8 Å². The number of aromatic nitrogens is 3. The van der Waals surface area contributed by atoms with Gasteiger partial charge in [0.05, 0.1) is 6.20 Å². The van der Waals surface area contributed by atoms with E-state index in [-0.39, 0.29) is 5.82 Å². The molecule has 0 radical (unpaired) electrons. The molecule has 0 fully saturated rings. The second-order valence-electron chi connectivity index (χ2n) is 4.87. The smallest absolute Gasteiger partial charge is 0.126 e. The Balaban J connectivity index is 1.51. The third kappa shape index (κ3) is 2.66. The number of rotatable bonds is 5. The van der Waals surface area contributed by atoms with Crippen LogP contribution in [-0.2, 0) is 13.0 Å². The zero-order valence-corrected chi connectivity index (χ0v) is 10.7. The Hall–Kier alpha value is -1.75. The van der Waals surface area contributed by atoms with Crippen molar-refractivity contribution in [1.82, 2.24) is 20.3 Å². The van der Waals surface area contributed by atoms with Gasteiger partial charge in [0.15, 0.2) is 0 Å². The van der Waals surface area contributed by atoms with Crippen LogP contribution in [0, 0.1) is 5.82 Å². The predicted molar refractivity (Wildman–Crippen MR) is 70.1 cm³/mol. The van der Waals surface area contributed by atoms with Crippen LogP contribution >= 0.6 is 0 Å². The maximum Gasteiger partial charge on any atom is 0.126 e. The number of aryl methyl sites for hydroxylation is 1. The lowest BCUT2D eigenvalue weighted by atomic mass is 10.1. The van der Waals surface area contributed by atoms with Gasteiger partial charge in [0.25, 0.3) is 0 Å². The molecule has 1 heterocycles. The van der Waals surface area contributed by atoms with Gasteiger partial charge in [-0.15, -0.1) is 5.10 Å². The van der Waals surface area contributed by atoms with Gasteiger partial charge in [-0.1, -0.05) is 17.3 Å². The topological polar surface area (TPSA) is 42.7 Å². The highest BCUT2D eigenvalue weighted by molar-refractivity contribution is 5.35. The Labute approximate surface area is 111 Å². The van der Waals surface area contributed by atoms with Gasteiger partial charge >= 0.3 is 0 Å². The van der Waals surface area contributed by atoms with Crippen LogP contribution in [0.15, 0.2) is 30.6 Å². The monoisotopic (exact) mass is 260 g/mol. The van der Waals surface area contributed by atoms with Crippen LogP contribution < -0.4 is 5.32 Å². The third-order valence-corrected chi connectivity index (χ3v) is 3.64. The summed E-state index contributed by atoms with van der Waals surface area (Å²) in [7, 11) is 0. The number of halogens is 1. The zero-order valence-electron chi connectivity index (χ0n) is 10.7. The van der Waals surface area contributed by atoms with Crippen LogP contribution in [0.25, 0.3) is 0 Å². The van der Waals surface area contributed by atoms with Gasteiger partial charge in [0.1, 0.15) is 5.82 Å². The third-order valence-electron chi connectivity index (χ3n) is 3.64. The molecule has 1 unspecified atom stereocenters. The highest BCUT2D eigenvalue weighted by Crippen LogP contribution is 2.32. The lowest BCUT2D eigenvalue weighted by Crippen LogP contribution is -2.21. The van der Waals surface area contributed by atoms with E-state index in [4.69, 9.17) is 0 Å². The van der Waals surface area contributed by atoms with Gasteiger partial charge in [0.2, 0.25) is 0 Å². The van der Waals surface area contributed by atoms with Crippen LogP contribution in [0.1, 0.15) is 30.0 Å².